The summed E-state index contributed by atoms with van der Waals surface area (Å²) >= 11 is 0. The van der Waals surface area contributed by atoms with Crippen molar-refractivity contribution in [2.45, 2.75) is 20.0 Å². The van der Waals surface area contributed by atoms with E-state index < -0.39 is 0 Å². The number of guanidine groups is 1. The van der Waals surface area contributed by atoms with Gasteiger partial charge < -0.3 is 29.6 Å². The van der Waals surface area contributed by atoms with Crippen LogP contribution < -0.4 is 24.8 Å². The SMILES string of the molecule is CCOc1ccc(NC(=NC)NCCc2cc(F)cc3c2OCOC3)cc1OC. The third-order valence-corrected chi connectivity index (χ3v) is 4.39. The standard InChI is InChI=1S/C21H26FN3O4/c1-4-28-18-6-5-17(11-19(18)26-3)25-21(23-2)24-8-7-14-9-16(22)10-15-12-27-13-29-20(14)15/h5-6,9-11H,4,7-8,12-13H2,1-3H3,(H2,23,24,25). The normalized spacial score (nSPS) is 13.3. The summed E-state index contributed by atoms with van der Waals surface area (Å²) < 4.78 is 35.5. The molecule has 0 aliphatic carbocycles. The predicted molar refractivity (Wildman–Crippen MR) is 110 cm³/mol. The molecule has 0 amide bonds. The second kappa shape index (κ2) is 9.97. The minimum absolute atomic E-state index is 0.182. The van der Waals surface area contributed by atoms with Gasteiger partial charge in [0.25, 0.3) is 0 Å². The molecule has 2 aromatic carbocycles. The molecule has 156 valence electrons. The number of nitrogens with one attached hydrogen (secondary N) is 2. The monoisotopic (exact) mass is 403 g/mol. The molecule has 7 nitrogen and oxygen atoms in total. The molecule has 0 unspecified atom stereocenters. The van der Waals surface area contributed by atoms with E-state index >= 15 is 0 Å². The third kappa shape index (κ3) is 5.29. The van der Waals surface area contributed by atoms with E-state index in [9.17, 15) is 4.39 Å². The molecule has 3 rings (SSSR count). The molecule has 0 saturated carbocycles. The first-order valence-electron chi connectivity index (χ1n) is 9.45. The summed E-state index contributed by atoms with van der Waals surface area (Å²) in [6.07, 6.45) is 0.577. The average Bonchev–Trinajstić information content (AvgIpc) is 2.73. The van der Waals surface area contributed by atoms with Crippen LogP contribution in [0.5, 0.6) is 17.2 Å². The topological polar surface area (TPSA) is 73.3 Å². The fourth-order valence-electron chi connectivity index (χ4n) is 3.09. The Bertz CT molecular complexity index is 873. The Morgan fingerprint density at radius 2 is 2.10 bits per heavy atom. The molecule has 1 aliphatic rings. The highest BCUT2D eigenvalue weighted by Crippen LogP contribution is 2.31. The Morgan fingerprint density at radius 1 is 1.24 bits per heavy atom. The van der Waals surface area contributed by atoms with Gasteiger partial charge in [0.2, 0.25) is 0 Å². The maximum absolute atomic E-state index is 13.9. The molecule has 0 fully saturated rings. The zero-order chi connectivity index (χ0) is 20.6. The number of fused-ring (bicyclic) bond motifs is 1. The van der Waals surface area contributed by atoms with Crippen LogP contribution in [0.2, 0.25) is 0 Å². The lowest BCUT2D eigenvalue weighted by Gasteiger charge is -2.21. The smallest absolute Gasteiger partial charge is 0.195 e. The number of rotatable bonds is 7. The number of hydrogen-bond acceptors (Lipinski definition) is 5. The highest BCUT2D eigenvalue weighted by molar-refractivity contribution is 5.93. The Kier molecular flexibility index (Phi) is 7.13. The summed E-state index contributed by atoms with van der Waals surface area (Å²) in [4.78, 5) is 4.23. The number of nitrogens with zero attached hydrogens (tertiary/aromatic N) is 1. The first kappa shape index (κ1) is 20.7. The van der Waals surface area contributed by atoms with Crippen molar-refractivity contribution in [3.63, 3.8) is 0 Å². The van der Waals surface area contributed by atoms with Crippen LogP contribution in [0.25, 0.3) is 0 Å². The quantitative estimate of drug-likeness (QED) is 0.546. The number of anilines is 1. The van der Waals surface area contributed by atoms with Gasteiger partial charge in [-0.1, -0.05) is 0 Å². The van der Waals surface area contributed by atoms with Crippen molar-refractivity contribution in [1.82, 2.24) is 5.32 Å². The molecular formula is C21H26FN3O4. The third-order valence-electron chi connectivity index (χ3n) is 4.39. The molecule has 0 spiro atoms. The van der Waals surface area contributed by atoms with Crippen molar-refractivity contribution in [2.75, 3.05) is 39.4 Å². The van der Waals surface area contributed by atoms with Gasteiger partial charge in [-0.3, -0.25) is 4.99 Å². The Morgan fingerprint density at radius 3 is 2.86 bits per heavy atom. The number of hydrogen-bond donors (Lipinski definition) is 2. The number of benzene rings is 2. The summed E-state index contributed by atoms with van der Waals surface area (Å²) in [6, 6.07) is 8.52. The predicted octanol–water partition coefficient (Wildman–Crippen LogP) is 3.33. The second-order valence-corrected chi connectivity index (χ2v) is 6.34. The Balaban J connectivity index is 1.61. The molecule has 1 aliphatic heterocycles. The molecule has 0 radical (unpaired) electrons. The fourth-order valence-corrected chi connectivity index (χ4v) is 3.09. The van der Waals surface area contributed by atoms with Gasteiger partial charge in [-0.2, -0.15) is 0 Å². The number of halogens is 1. The molecule has 29 heavy (non-hydrogen) atoms. The summed E-state index contributed by atoms with van der Waals surface area (Å²) in [5, 5.41) is 6.44. The summed E-state index contributed by atoms with van der Waals surface area (Å²) in [5.74, 6) is 2.32. The molecule has 2 N–H and O–H groups in total. The van der Waals surface area contributed by atoms with Gasteiger partial charge in [0, 0.05) is 30.9 Å². The van der Waals surface area contributed by atoms with E-state index in [4.69, 9.17) is 18.9 Å². The lowest BCUT2D eigenvalue weighted by Crippen LogP contribution is -2.32. The van der Waals surface area contributed by atoms with E-state index in [-0.39, 0.29) is 12.6 Å². The lowest BCUT2D eigenvalue weighted by atomic mass is 10.1. The van der Waals surface area contributed by atoms with E-state index in [2.05, 4.69) is 15.6 Å². The van der Waals surface area contributed by atoms with E-state index in [1.807, 2.05) is 25.1 Å². The van der Waals surface area contributed by atoms with Gasteiger partial charge in [-0.05, 0) is 43.2 Å². The van der Waals surface area contributed by atoms with Crippen molar-refractivity contribution < 1.29 is 23.3 Å². The van der Waals surface area contributed by atoms with Crippen molar-refractivity contribution in [3.8, 4) is 17.2 Å². The molecule has 8 heteroatoms. The molecule has 2 aromatic rings. The van der Waals surface area contributed by atoms with Gasteiger partial charge in [-0.25, -0.2) is 4.39 Å². The van der Waals surface area contributed by atoms with Crippen LogP contribution in [0.4, 0.5) is 10.1 Å². The molecule has 0 bridgehead atoms. The van der Waals surface area contributed by atoms with Gasteiger partial charge >= 0.3 is 0 Å². The maximum atomic E-state index is 13.9. The largest absolute Gasteiger partial charge is 0.493 e. The van der Waals surface area contributed by atoms with Gasteiger partial charge in [0.15, 0.2) is 24.3 Å². The van der Waals surface area contributed by atoms with Crippen LogP contribution in [-0.2, 0) is 17.8 Å². The first-order valence-corrected chi connectivity index (χ1v) is 9.45. The number of aliphatic imine (C=N–C) groups is 1. The molecule has 0 atom stereocenters. The van der Waals surface area contributed by atoms with Crippen LogP contribution in [0, 0.1) is 5.82 Å². The minimum Gasteiger partial charge on any atom is -0.493 e. The fraction of sp³-hybridized carbons (Fsp3) is 0.381. The second-order valence-electron chi connectivity index (χ2n) is 6.34. The van der Waals surface area contributed by atoms with Crippen molar-refractivity contribution in [1.29, 1.82) is 0 Å². The first-order chi connectivity index (χ1) is 14.1. The van der Waals surface area contributed by atoms with Crippen LogP contribution in [-0.4, -0.2) is 40.1 Å². The highest BCUT2D eigenvalue weighted by atomic mass is 19.1. The molecular weight excluding hydrogens is 377 g/mol. The summed E-state index contributed by atoms with van der Waals surface area (Å²) in [5.41, 5.74) is 2.34. The molecule has 1 heterocycles. The summed E-state index contributed by atoms with van der Waals surface area (Å²) in [7, 11) is 3.28. The van der Waals surface area contributed by atoms with Gasteiger partial charge in [0.05, 0.1) is 20.3 Å². The van der Waals surface area contributed by atoms with Crippen LogP contribution >= 0.6 is 0 Å². The van der Waals surface area contributed by atoms with Crippen molar-refractivity contribution in [2.24, 2.45) is 4.99 Å². The van der Waals surface area contributed by atoms with Gasteiger partial charge in [0.1, 0.15) is 11.6 Å². The number of ether oxygens (including phenoxy) is 4. The van der Waals surface area contributed by atoms with Crippen LogP contribution in [0.1, 0.15) is 18.1 Å². The lowest BCUT2D eigenvalue weighted by molar-refractivity contribution is -0.0172. The van der Waals surface area contributed by atoms with Crippen LogP contribution in [0.3, 0.4) is 0 Å². The maximum Gasteiger partial charge on any atom is 0.195 e. The zero-order valence-electron chi connectivity index (χ0n) is 16.9. The summed E-state index contributed by atoms with van der Waals surface area (Å²) in [6.45, 7) is 3.57. The van der Waals surface area contributed by atoms with Crippen LogP contribution in [0.15, 0.2) is 35.3 Å². The Hall–Kier alpha value is -3.00. The van der Waals surface area contributed by atoms with E-state index in [0.717, 1.165) is 16.8 Å². The van der Waals surface area contributed by atoms with Gasteiger partial charge in [-0.15, -0.1) is 0 Å². The Labute approximate surface area is 169 Å². The van der Waals surface area contributed by atoms with Crippen molar-refractivity contribution >= 4 is 11.6 Å². The minimum atomic E-state index is -0.295. The average molecular weight is 403 g/mol. The molecule has 0 saturated heterocycles. The zero-order valence-corrected chi connectivity index (χ0v) is 16.9. The van der Waals surface area contributed by atoms with E-state index in [1.165, 1.54) is 12.1 Å². The van der Waals surface area contributed by atoms with E-state index in [1.54, 1.807) is 14.2 Å². The molecule has 0 aromatic heterocycles. The number of methoxy groups -OCH3 is 1. The van der Waals surface area contributed by atoms with E-state index in [0.29, 0.717) is 49.4 Å². The van der Waals surface area contributed by atoms with Crippen molar-refractivity contribution in [3.05, 3.63) is 47.3 Å². The highest BCUT2D eigenvalue weighted by Gasteiger charge is 2.17.